The van der Waals surface area contributed by atoms with Gasteiger partial charge in [-0.1, -0.05) is 29.8 Å². The van der Waals surface area contributed by atoms with Crippen LogP contribution in [0, 0.1) is 23.9 Å². The Morgan fingerprint density at radius 1 is 1.09 bits per heavy atom. The highest BCUT2D eigenvalue weighted by Gasteiger charge is 2.41. The zero-order valence-electron chi connectivity index (χ0n) is 24.2. The van der Waals surface area contributed by atoms with E-state index < -0.39 is 44.9 Å². The number of ether oxygens (including phenoxy) is 1. The fourth-order valence-electron chi connectivity index (χ4n) is 5.95. The number of anilines is 1. The van der Waals surface area contributed by atoms with Crippen molar-refractivity contribution in [1.82, 2.24) is 9.62 Å². The van der Waals surface area contributed by atoms with E-state index in [9.17, 15) is 22.0 Å². The Morgan fingerprint density at radius 3 is 2.43 bits per heavy atom. The predicted molar refractivity (Wildman–Crippen MR) is 163 cm³/mol. The molecule has 1 radical (unpaired) electrons. The number of morpholine rings is 1. The summed E-state index contributed by atoms with van der Waals surface area (Å²) in [7, 11) is -3.27. The van der Waals surface area contributed by atoms with Crippen LogP contribution in [-0.2, 0) is 26.0 Å². The summed E-state index contributed by atoms with van der Waals surface area (Å²) in [5.41, 5.74) is 0.930. The quantitative estimate of drug-likeness (QED) is 0.323. The van der Waals surface area contributed by atoms with E-state index in [1.807, 2.05) is 0 Å². The molecular weight excluding hydrogens is 615 g/mol. The van der Waals surface area contributed by atoms with Gasteiger partial charge < -0.3 is 15.4 Å². The molecular formula is C32H34ClF3N3O4S. The first-order valence-electron chi connectivity index (χ1n) is 14.4. The minimum Gasteiger partial charge on any atom is -0.369 e. The molecule has 2 saturated heterocycles. The lowest BCUT2D eigenvalue weighted by molar-refractivity contribution is -0.137. The van der Waals surface area contributed by atoms with Gasteiger partial charge in [0.05, 0.1) is 24.4 Å². The maximum Gasteiger partial charge on any atom is 0.229 e. The second kappa shape index (κ2) is 13.6. The average molecular weight is 649 g/mol. The van der Waals surface area contributed by atoms with Gasteiger partial charge in [-0.2, -0.15) is 0 Å². The minimum absolute atomic E-state index is 0.234. The number of nitrogens with one attached hydrogen (secondary N) is 2. The van der Waals surface area contributed by atoms with Crippen molar-refractivity contribution in [2.45, 2.75) is 43.3 Å². The zero-order chi connectivity index (χ0) is 31.5. The second-order valence-electron chi connectivity index (χ2n) is 11.4. The Labute approximate surface area is 260 Å². The molecule has 2 heterocycles. The van der Waals surface area contributed by atoms with Crippen LogP contribution >= 0.6 is 11.6 Å². The van der Waals surface area contributed by atoms with Gasteiger partial charge in [0, 0.05) is 54.4 Å². The number of hydrogen-bond acceptors (Lipinski definition) is 5. The maximum absolute atomic E-state index is 15.1. The number of halogens is 4. The summed E-state index contributed by atoms with van der Waals surface area (Å²) >= 11 is 6.03. The molecule has 0 bridgehead atoms. The molecule has 1 spiro atoms. The molecule has 2 atom stereocenters. The third-order valence-corrected chi connectivity index (χ3v) is 9.78. The van der Waals surface area contributed by atoms with Crippen molar-refractivity contribution >= 4 is 33.2 Å². The van der Waals surface area contributed by atoms with Crippen molar-refractivity contribution in [2.75, 3.05) is 37.8 Å². The van der Waals surface area contributed by atoms with Crippen LogP contribution in [0.4, 0.5) is 18.9 Å². The second-order valence-corrected chi connectivity index (χ2v) is 13.8. The van der Waals surface area contributed by atoms with E-state index in [2.05, 4.69) is 10.6 Å². The fourth-order valence-corrected chi connectivity index (χ4v) is 6.92. The monoisotopic (exact) mass is 648 g/mol. The summed E-state index contributed by atoms with van der Waals surface area (Å²) in [6.07, 6.45) is 4.13. The molecule has 3 aromatic carbocycles. The van der Waals surface area contributed by atoms with Crippen LogP contribution in [0.2, 0.25) is 5.02 Å². The van der Waals surface area contributed by atoms with Gasteiger partial charge in [-0.3, -0.25) is 4.79 Å². The van der Waals surface area contributed by atoms with Crippen LogP contribution in [0.25, 0.3) is 0 Å². The number of carbonyl (C=O) groups excluding carboxylic acids is 1. The molecule has 0 aromatic heterocycles. The Balaban J connectivity index is 1.27. The van der Waals surface area contributed by atoms with E-state index in [1.165, 1.54) is 29.1 Å². The van der Waals surface area contributed by atoms with Crippen LogP contribution in [0.5, 0.6) is 0 Å². The van der Waals surface area contributed by atoms with E-state index >= 15 is 4.39 Å². The summed E-state index contributed by atoms with van der Waals surface area (Å²) in [6.45, 7) is 1.94. The Bertz CT molecular complexity index is 1580. The smallest absolute Gasteiger partial charge is 0.229 e. The molecule has 12 heteroatoms. The standard InChI is InChI=1S/C32H34ClF3N3O4S/c1-44(41,42)39-13-11-32(12-14-39)20-37-19-26(43-32)9-10-27-29(36)3-2-4-30(27)38-31(40)18-28(21-5-7-23(33)8-6-21)22-15-24(34)17-25(35)16-22/h2-8,15-18,26,28,37H,9-14,19-20H2,1H3,(H,38,40)/t26-,28+/m1/s1. The third-order valence-electron chi connectivity index (χ3n) is 8.22. The molecule has 3 aromatic rings. The van der Waals surface area contributed by atoms with Crippen LogP contribution < -0.4 is 10.6 Å². The third kappa shape index (κ3) is 8.00. The Hall–Kier alpha value is -2.96. The first-order chi connectivity index (χ1) is 20.9. The number of benzene rings is 3. The van der Waals surface area contributed by atoms with Gasteiger partial charge in [0.15, 0.2) is 0 Å². The highest BCUT2D eigenvalue weighted by Crippen LogP contribution is 2.33. The highest BCUT2D eigenvalue weighted by atomic mass is 35.5. The lowest BCUT2D eigenvalue weighted by Crippen LogP contribution is -2.58. The van der Waals surface area contributed by atoms with Crippen molar-refractivity contribution in [3.8, 4) is 0 Å². The number of amides is 1. The van der Waals surface area contributed by atoms with Gasteiger partial charge in [-0.05, 0) is 73.2 Å². The van der Waals surface area contributed by atoms with Crippen molar-refractivity contribution in [3.63, 3.8) is 0 Å². The molecule has 0 saturated carbocycles. The average Bonchev–Trinajstić information content (AvgIpc) is 2.95. The molecule has 44 heavy (non-hydrogen) atoms. The largest absolute Gasteiger partial charge is 0.369 e. The molecule has 2 N–H and O–H groups in total. The first-order valence-corrected chi connectivity index (χ1v) is 16.6. The van der Waals surface area contributed by atoms with Gasteiger partial charge in [0.1, 0.15) is 17.5 Å². The SMILES string of the molecule is CS(=O)(=O)N1CCC2(CC1)CNC[C@@H](CCc1c(F)cccc1NC(=O)[CH][C@@H](c1ccc(Cl)cc1)c1cc(F)cc(F)c1)O2. The maximum atomic E-state index is 15.1. The summed E-state index contributed by atoms with van der Waals surface area (Å²) in [6, 6.07) is 14.1. The lowest BCUT2D eigenvalue weighted by Gasteiger charge is -2.46. The number of rotatable bonds is 9. The number of sulfonamides is 1. The summed E-state index contributed by atoms with van der Waals surface area (Å²) in [5, 5.41) is 6.61. The molecule has 5 rings (SSSR count). The van der Waals surface area contributed by atoms with Crippen molar-refractivity contribution in [3.05, 3.63) is 106 Å². The van der Waals surface area contributed by atoms with Gasteiger partial charge in [0.2, 0.25) is 15.9 Å². The predicted octanol–water partition coefficient (Wildman–Crippen LogP) is 5.45. The summed E-state index contributed by atoms with van der Waals surface area (Å²) < 4.78 is 75.1. The minimum atomic E-state index is -3.27. The first kappa shape index (κ1) is 32.4. The normalized spacial score (nSPS) is 19.5. The van der Waals surface area contributed by atoms with E-state index in [-0.39, 0.29) is 23.8 Å². The van der Waals surface area contributed by atoms with E-state index in [0.717, 1.165) is 18.2 Å². The van der Waals surface area contributed by atoms with Crippen LogP contribution in [0.15, 0.2) is 60.7 Å². The fraction of sp³-hybridized carbons (Fsp3) is 0.375. The molecule has 235 valence electrons. The molecule has 2 fully saturated rings. The number of hydrogen-bond donors (Lipinski definition) is 2. The van der Waals surface area contributed by atoms with Crippen LogP contribution in [0.1, 0.15) is 41.9 Å². The highest BCUT2D eigenvalue weighted by molar-refractivity contribution is 7.88. The van der Waals surface area contributed by atoms with Gasteiger partial charge in [-0.15, -0.1) is 0 Å². The number of nitrogens with zero attached hydrogens (tertiary/aromatic N) is 1. The lowest BCUT2D eigenvalue weighted by atomic mass is 9.88. The molecule has 0 aliphatic carbocycles. The van der Waals surface area contributed by atoms with Crippen molar-refractivity contribution in [1.29, 1.82) is 0 Å². The van der Waals surface area contributed by atoms with Crippen molar-refractivity contribution in [2.24, 2.45) is 0 Å². The van der Waals surface area contributed by atoms with Gasteiger partial charge >= 0.3 is 0 Å². The zero-order valence-corrected chi connectivity index (χ0v) is 25.7. The Kier molecular flexibility index (Phi) is 10.0. The number of carbonyl (C=O) groups is 1. The van der Waals surface area contributed by atoms with E-state index in [4.69, 9.17) is 16.3 Å². The summed E-state index contributed by atoms with van der Waals surface area (Å²) in [5.74, 6) is -3.41. The van der Waals surface area contributed by atoms with Crippen molar-refractivity contribution < 1.29 is 31.1 Å². The molecule has 0 unspecified atom stereocenters. The molecule has 7 nitrogen and oxygen atoms in total. The Morgan fingerprint density at radius 2 is 1.77 bits per heavy atom. The van der Waals surface area contributed by atoms with Gasteiger partial charge in [-0.25, -0.2) is 25.9 Å². The molecule has 2 aliphatic rings. The molecule has 1 amide bonds. The topological polar surface area (TPSA) is 87.7 Å². The molecule has 2 aliphatic heterocycles. The number of piperidine rings is 1. The van der Waals surface area contributed by atoms with E-state index in [1.54, 1.807) is 30.3 Å². The van der Waals surface area contributed by atoms with Crippen LogP contribution in [-0.4, -0.2) is 62.8 Å². The van der Waals surface area contributed by atoms with Crippen LogP contribution in [0.3, 0.4) is 0 Å². The van der Waals surface area contributed by atoms with Gasteiger partial charge in [0.25, 0.3) is 0 Å². The van der Waals surface area contributed by atoms with E-state index in [0.29, 0.717) is 61.6 Å². The summed E-state index contributed by atoms with van der Waals surface area (Å²) in [4.78, 5) is 13.3.